The molecule has 0 radical (unpaired) electrons. The van der Waals surface area contributed by atoms with E-state index in [2.05, 4.69) is 4.90 Å². The highest BCUT2D eigenvalue weighted by Gasteiger charge is 2.32. The molecule has 2 fully saturated rings. The first-order chi connectivity index (χ1) is 12.2. The van der Waals surface area contributed by atoms with Gasteiger partial charge in [-0.1, -0.05) is 31.0 Å². The van der Waals surface area contributed by atoms with Crippen LogP contribution in [-0.2, 0) is 10.2 Å². The molecule has 3 rings (SSSR count). The van der Waals surface area contributed by atoms with Crippen LogP contribution < -0.4 is 4.74 Å². The number of nitrogens with zero attached hydrogens (tertiary/aromatic N) is 3. The fourth-order valence-corrected chi connectivity index (χ4v) is 5.10. The standard InChI is InChI=1S/C18H29N3O3S/c22-25(23,20-10-6-1-2-7-11-20)21-14-12-19(13-15-21)16-17-24-18-8-4-3-5-9-18/h3-5,8-9H,1-2,6-7,10-17H2. The van der Waals surface area contributed by atoms with Crippen molar-refractivity contribution in [3.8, 4) is 5.75 Å². The summed E-state index contributed by atoms with van der Waals surface area (Å²) in [6.07, 6.45) is 4.24. The van der Waals surface area contributed by atoms with Crippen molar-refractivity contribution in [3.63, 3.8) is 0 Å². The maximum Gasteiger partial charge on any atom is 0.282 e. The molecule has 2 aliphatic heterocycles. The second-order valence-electron chi connectivity index (χ2n) is 6.72. The molecule has 0 N–H and O–H groups in total. The van der Waals surface area contributed by atoms with Gasteiger partial charge in [0.1, 0.15) is 12.4 Å². The van der Waals surface area contributed by atoms with Crippen LogP contribution in [0.25, 0.3) is 0 Å². The summed E-state index contributed by atoms with van der Waals surface area (Å²) >= 11 is 0. The van der Waals surface area contributed by atoms with Crippen LogP contribution in [0.3, 0.4) is 0 Å². The molecular weight excluding hydrogens is 338 g/mol. The minimum absolute atomic E-state index is 0.574. The molecule has 140 valence electrons. The Kier molecular flexibility index (Phi) is 6.70. The van der Waals surface area contributed by atoms with Crippen molar-refractivity contribution in [1.82, 2.24) is 13.5 Å². The van der Waals surface area contributed by atoms with Gasteiger partial charge in [0.25, 0.3) is 10.2 Å². The minimum atomic E-state index is -3.29. The summed E-state index contributed by atoms with van der Waals surface area (Å²) in [6.45, 7) is 5.49. The van der Waals surface area contributed by atoms with E-state index in [4.69, 9.17) is 4.74 Å². The molecule has 6 nitrogen and oxygen atoms in total. The van der Waals surface area contributed by atoms with Gasteiger partial charge in [-0.3, -0.25) is 4.90 Å². The van der Waals surface area contributed by atoms with Crippen molar-refractivity contribution in [3.05, 3.63) is 30.3 Å². The highest BCUT2D eigenvalue weighted by Crippen LogP contribution is 2.18. The molecular formula is C18H29N3O3S. The van der Waals surface area contributed by atoms with E-state index < -0.39 is 10.2 Å². The van der Waals surface area contributed by atoms with Crippen LogP contribution in [0.5, 0.6) is 5.75 Å². The van der Waals surface area contributed by atoms with E-state index in [9.17, 15) is 8.42 Å². The van der Waals surface area contributed by atoms with Crippen LogP contribution in [0.1, 0.15) is 25.7 Å². The maximum absolute atomic E-state index is 12.8. The van der Waals surface area contributed by atoms with Gasteiger partial charge in [-0.05, 0) is 25.0 Å². The van der Waals surface area contributed by atoms with E-state index in [-0.39, 0.29) is 0 Å². The number of hydrogen-bond acceptors (Lipinski definition) is 4. The number of ether oxygens (including phenoxy) is 1. The lowest BCUT2D eigenvalue weighted by atomic mass is 10.2. The third-order valence-electron chi connectivity index (χ3n) is 4.97. The first kappa shape index (κ1) is 18.6. The monoisotopic (exact) mass is 367 g/mol. The fraction of sp³-hybridized carbons (Fsp3) is 0.667. The van der Waals surface area contributed by atoms with E-state index in [1.807, 2.05) is 30.3 Å². The van der Waals surface area contributed by atoms with Gasteiger partial charge in [0.2, 0.25) is 0 Å². The Bertz CT molecular complexity index is 608. The van der Waals surface area contributed by atoms with Crippen molar-refractivity contribution in [1.29, 1.82) is 0 Å². The lowest BCUT2D eigenvalue weighted by Crippen LogP contribution is -2.53. The van der Waals surface area contributed by atoms with Crippen molar-refractivity contribution in [2.45, 2.75) is 25.7 Å². The van der Waals surface area contributed by atoms with E-state index >= 15 is 0 Å². The number of piperazine rings is 1. The summed E-state index contributed by atoms with van der Waals surface area (Å²) in [5.74, 6) is 0.880. The predicted molar refractivity (Wildman–Crippen MR) is 98.9 cm³/mol. The quantitative estimate of drug-likeness (QED) is 0.769. The Labute approximate surface area is 151 Å². The lowest BCUT2D eigenvalue weighted by molar-refractivity contribution is 0.154. The molecule has 2 heterocycles. The van der Waals surface area contributed by atoms with Crippen LogP contribution in [0.2, 0.25) is 0 Å². The zero-order chi connectivity index (χ0) is 17.5. The Morgan fingerprint density at radius 3 is 2.04 bits per heavy atom. The summed E-state index contributed by atoms with van der Waals surface area (Å²) in [5, 5.41) is 0. The molecule has 0 aliphatic carbocycles. The number of rotatable bonds is 6. The molecule has 0 bridgehead atoms. The lowest BCUT2D eigenvalue weighted by Gasteiger charge is -2.36. The van der Waals surface area contributed by atoms with E-state index in [0.29, 0.717) is 32.8 Å². The molecule has 25 heavy (non-hydrogen) atoms. The zero-order valence-electron chi connectivity index (χ0n) is 14.8. The third kappa shape index (κ3) is 5.17. The van der Waals surface area contributed by atoms with Crippen LogP contribution in [0, 0.1) is 0 Å². The van der Waals surface area contributed by atoms with Crippen molar-refractivity contribution in [2.75, 3.05) is 52.4 Å². The zero-order valence-corrected chi connectivity index (χ0v) is 15.7. The fourth-order valence-electron chi connectivity index (χ4n) is 3.43. The largest absolute Gasteiger partial charge is 0.492 e. The van der Waals surface area contributed by atoms with Gasteiger partial charge in [-0.2, -0.15) is 17.0 Å². The molecule has 0 atom stereocenters. The summed E-state index contributed by atoms with van der Waals surface area (Å²) < 4.78 is 34.7. The first-order valence-corrected chi connectivity index (χ1v) is 10.7. The summed E-state index contributed by atoms with van der Waals surface area (Å²) in [4.78, 5) is 2.28. The van der Waals surface area contributed by atoms with Crippen molar-refractivity contribution >= 4 is 10.2 Å². The van der Waals surface area contributed by atoms with Gasteiger partial charge in [-0.15, -0.1) is 0 Å². The molecule has 2 aliphatic rings. The molecule has 1 aromatic rings. The highest BCUT2D eigenvalue weighted by atomic mass is 32.2. The molecule has 0 spiro atoms. The molecule has 7 heteroatoms. The minimum Gasteiger partial charge on any atom is -0.492 e. The number of benzene rings is 1. The SMILES string of the molecule is O=S(=O)(N1CCCCCC1)N1CCN(CCOc2ccccc2)CC1. The number of para-hydroxylation sites is 1. The van der Waals surface area contributed by atoms with Gasteiger partial charge in [0.05, 0.1) is 0 Å². The topological polar surface area (TPSA) is 53.1 Å². The van der Waals surface area contributed by atoms with Crippen LogP contribution >= 0.6 is 0 Å². The van der Waals surface area contributed by atoms with Gasteiger partial charge < -0.3 is 4.74 Å². The van der Waals surface area contributed by atoms with E-state index in [0.717, 1.165) is 51.1 Å². The van der Waals surface area contributed by atoms with Gasteiger partial charge in [-0.25, -0.2) is 0 Å². The molecule has 2 saturated heterocycles. The molecule has 0 aromatic heterocycles. The van der Waals surface area contributed by atoms with Gasteiger partial charge >= 0.3 is 0 Å². The molecule has 0 unspecified atom stereocenters. The molecule has 0 amide bonds. The highest BCUT2D eigenvalue weighted by molar-refractivity contribution is 7.86. The number of hydrogen-bond donors (Lipinski definition) is 0. The van der Waals surface area contributed by atoms with Gasteiger partial charge in [0, 0.05) is 45.8 Å². The van der Waals surface area contributed by atoms with Crippen molar-refractivity contribution in [2.24, 2.45) is 0 Å². The Morgan fingerprint density at radius 2 is 1.40 bits per heavy atom. The second kappa shape index (κ2) is 8.98. The summed E-state index contributed by atoms with van der Waals surface area (Å²) in [7, 11) is -3.29. The predicted octanol–water partition coefficient (Wildman–Crippen LogP) is 1.80. The van der Waals surface area contributed by atoms with E-state index in [1.165, 1.54) is 0 Å². The maximum atomic E-state index is 12.8. The smallest absolute Gasteiger partial charge is 0.282 e. The first-order valence-electron chi connectivity index (χ1n) is 9.32. The Hall–Kier alpha value is -1.15. The van der Waals surface area contributed by atoms with Crippen LogP contribution in [0.15, 0.2) is 30.3 Å². The van der Waals surface area contributed by atoms with E-state index in [1.54, 1.807) is 8.61 Å². The van der Waals surface area contributed by atoms with Gasteiger partial charge in [0.15, 0.2) is 0 Å². The molecule has 0 saturated carbocycles. The molecule has 1 aromatic carbocycles. The Balaban J connectivity index is 1.43. The Morgan fingerprint density at radius 1 is 0.800 bits per heavy atom. The summed E-state index contributed by atoms with van der Waals surface area (Å²) in [5.41, 5.74) is 0. The van der Waals surface area contributed by atoms with Crippen molar-refractivity contribution < 1.29 is 13.2 Å². The van der Waals surface area contributed by atoms with Crippen LogP contribution in [0.4, 0.5) is 0 Å². The average molecular weight is 368 g/mol. The third-order valence-corrected chi connectivity index (χ3v) is 7.00. The summed E-state index contributed by atoms with van der Waals surface area (Å²) in [6, 6.07) is 9.79. The second-order valence-corrected chi connectivity index (χ2v) is 8.65. The van der Waals surface area contributed by atoms with Crippen LogP contribution in [-0.4, -0.2) is 74.3 Å². The normalized spacial score (nSPS) is 21.8. The average Bonchev–Trinajstić information content (AvgIpc) is 2.93.